The molecule has 3 aromatic rings. The first-order valence-corrected chi connectivity index (χ1v) is 8.58. The van der Waals surface area contributed by atoms with Gasteiger partial charge in [0.25, 0.3) is 0 Å². The monoisotopic (exact) mass is 434 g/mol. The number of benzene rings is 2. The molecule has 3 rings (SSSR count). The lowest BCUT2D eigenvalue weighted by Gasteiger charge is -2.18. The number of hydrogen-bond acceptors (Lipinski definition) is 6. The smallest absolute Gasteiger partial charge is 0.417 e. The summed E-state index contributed by atoms with van der Waals surface area (Å²) in [5.41, 5.74) is -5.19. The van der Waals surface area contributed by atoms with Crippen molar-refractivity contribution in [3.8, 4) is 22.8 Å². The number of nitro benzene ring substituents is 1. The standard InChI is InChI=1S/C20H13F3N2O6/c1-10-7-13(20(21,22)23)16(17(24(10)29)11-5-3-2-4-6-11)18(27)12-8-14(25(30)31)19(28)15(26)9-12/h2-9,26,28H,1H3. The fourth-order valence-corrected chi connectivity index (χ4v) is 3.07. The lowest BCUT2D eigenvalue weighted by atomic mass is 9.92. The zero-order chi connectivity index (χ0) is 23.1. The molecule has 0 aliphatic heterocycles. The molecule has 0 saturated carbocycles. The van der Waals surface area contributed by atoms with Crippen LogP contribution in [-0.4, -0.2) is 20.9 Å². The second kappa shape index (κ2) is 7.59. The summed E-state index contributed by atoms with van der Waals surface area (Å²) in [7, 11) is 0. The molecule has 0 aliphatic rings. The third-order valence-electron chi connectivity index (χ3n) is 4.49. The molecule has 160 valence electrons. The molecule has 0 fully saturated rings. The highest BCUT2D eigenvalue weighted by Crippen LogP contribution is 2.40. The van der Waals surface area contributed by atoms with Crippen LogP contribution in [0.15, 0.2) is 48.5 Å². The summed E-state index contributed by atoms with van der Waals surface area (Å²) in [6.07, 6.45) is -5.04. The molecule has 8 nitrogen and oxygen atoms in total. The molecule has 0 spiro atoms. The van der Waals surface area contributed by atoms with E-state index in [1.54, 1.807) is 6.07 Å². The Morgan fingerprint density at radius 1 is 1.10 bits per heavy atom. The van der Waals surface area contributed by atoms with Gasteiger partial charge in [0, 0.05) is 30.2 Å². The van der Waals surface area contributed by atoms with E-state index in [2.05, 4.69) is 0 Å². The fraction of sp³-hybridized carbons (Fsp3) is 0.100. The van der Waals surface area contributed by atoms with Crippen LogP contribution < -0.4 is 4.73 Å². The number of aryl methyl sites for hydroxylation is 1. The van der Waals surface area contributed by atoms with Crippen LogP contribution in [0.2, 0.25) is 0 Å². The van der Waals surface area contributed by atoms with Gasteiger partial charge in [-0.25, -0.2) is 0 Å². The molecule has 1 heterocycles. The molecule has 0 bridgehead atoms. The number of phenolic OH excluding ortho intramolecular Hbond substituents is 2. The third-order valence-corrected chi connectivity index (χ3v) is 4.49. The van der Waals surface area contributed by atoms with Crippen LogP contribution in [0.5, 0.6) is 11.5 Å². The summed E-state index contributed by atoms with van der Waals surface area (Å²) in [6.45, 7) is 1.14. The Morgan fingerprint density at radius 3 is 2.26 bits per heavy atom. The predicted octanol–water partition coefficient (Wildman–Crippen LogP) is 3.86. The Hall–Kier alpha value is -4.15. The highest BCUT2D eigenvalue weighted by Gasteiger charge is 2.41. The van der Waals surface area contributed by atoms with Gasteiger partial charge >= 0.3 is 11.9 Å². The number of ketones is 1. The van der Waals surface area contributed by atoms with E-state index < -0.39 is 56.5 Å². The van der Waals surface area contributed by atoms with Crippen LogP contribution in [0.3, 0.4) is 0 Å². The highest BCUT2D eigenvalue weighted by molar-refractivity contribution is 6.13. The number of aromatic hydroxyl groups is 2. The highest BCUT2D eigenvalue weighted by atomic mass is 19.4. The molecule has 2 aromatic carbocycles. The Kier molecular flexibility index (Phi) is 5.28. The minimum Gasteiger partial charge on any atom is -0.618 e. The quantitative estimate of drug-likeness (QED) is 0.160. The lowest BCUT2D eigenvalue weighted by Crippen LogP contribution is -2.37. The number of carbonyl (C=O) groups excluding carboxylic acids is 1. The minimum absolute atomic E-state index is 0.00699. The van der Waals surface area contributed by atoms with E-state index in [1.165, 1.54) is 24.3 Å². The Morgan fingerprint density at radius 2 is 1.71 bits per heavy atom. The number of nitrogens with zero attached hydrogens (tertiary/aromatic N) is 2. The molecular weight excluding hydrogens is 421 g/mol. The topological polar surface area (TPSA) is 128 Å². The summed E-state index contributed by atoms with van der Waals surface area (Å²) in [6, 6.07) is 8.75. The maximum atomic E-state index is 13.8. The van der Waals surface area contributed by atoms with Gasteiger partial charge in [-0.3, -0.25) is 14.9 Å². The summed E-state index contributed by atoms with van der Waals surface area (Å²) in [4.78, 5) is 23.1. The zero-order valence-corrected chi connectivity index (χ0v) is 15.7. The van der Waals surface area contributed by atoms with Crippen LogP contribution in [0.25, 0.3) is 11.3 Å². The van der Waals surface area contributed by atoms with Crippen LogP contribution in [-0.2, 0) is 6.18 Å². The summed E-state index contributed by atoms with van der Waals surface area (Å²) in [5.74, 6) is -3.62. The number of aromatic nitrogens is 1. The Labute approximate surface area is 172 Å². The van der Waals surface area contributed by atoms with Gasteiger partial charge < -0.3 is 15.4 Å². The molecule has 0 radical (unpaired) electrons. The van der Waals surface area contributed by atoms with Crippen molar-refractivity contribution in [3.05, 3.63) is 86.2 Å². The van der Waals surface area contributed by atoms with E-state index in [0.717, 1.165) is 6.92 Å². The van der Waals surface area contributed by atoms with Crippen molar-refractivity contribution in [1.82, 2.24) is 0 Å². The van der Waals surface area contributed by atoms with E-state index >= 15 is 0 Å². The number of pyridine rings is 1. The van der Waals surface area contributed by atoms with Gasteiger partial charge in [0.2, 0.25) is 17.2 Å². The van der Waals surface area contributed by atoms with Gasteiger partial charge in [-0.05, 0) is 18.2 Å². The van der Waals surface area contributed by atoms with Gasteiger partial charge in [-0.15, -0.1) is 0 Å². The summed E-state index contributed by atoms with van der Waals surface area (Å²) in [5, 5.41) is 43.1. The number of alkyl halides is 3. The average molecular weight is 434 g/mol. The van der Waals surface area contributed by atoms with Gasteiger partial charge in [0.15, 0.2) is 11.4 Å². The molecule has 0 aliphatic carbocycles. The van der Waals surface area contributed by atoms with Crippen LogP contribution >= 0.6 is 0 Å². The first-order valence-electron chi connectivity index (χ1n) is 8.58. The number of hydrogen-bond donors (Lipinski definition) is 2. The molecule has 2 N–H and O–H groups in total. The van der Waals surface area contributed by atoms with E-state index in [9.17, 15) is 43.5 Å². The maximum Gasteiger partial charge on any atom is 0.417 e. The van der Waals surface area contributed by atoms with E-state index in [-0.39, 0.29) is 16.0 Å². The summed E-state index contributed by atoms with van der Waals surface area (Å²) < 4.78 is 41.6. The van der Waals surface area contributed by atoms with Gasteiger partial charge in [0.1, 0.15) is 5.56 Å². The average Bonchev–Trinajstić information content (AvgIpc) is 2.70. The number of rotatable bonds is 4. The third kappa shape index (κ3) is 3.84. The van der Waals surface area contributed by atoms with Crippen LogP contribution in [0.4, 0.5) is 18.9 Å². The van der Waals surface area contributed by atoms with Crippen LogP contribution in [0.1, 0.15) is 27.2 Å². The lowest BCUT2D eigenvalue weighted by molar-refractivity contribution is -0.601. The fourth-order valence-electron chi connectivity index (χ4n) is 3.07. The zero-order valence-electron chi connectivity index (χ0n) is 15.7. The molecule has 0 unspecified atom stereocenters. The van der Waals surface area contributed by atoms with Crippen molar-refractivity contribution in [1.29, 1.82) is 0 Å². The number of phenols is 2. The minimum atomic E-state index is -5.04. The van der Waals surface area contributed by atoms with E-state index in [0.29, 0.717) is 18.2 Å². The van der Waals surface area contributed by atoms with Crippen molar-refractivity contribution >= 4 is 11.5 Å². The van der Waals surface area contributed by atoms with E-state index in [1.807, 2.05) is 0 Å². The molecule has 11 heteroatoms. The first kappa shape index (κ1) is 21.6. The molecule has 1 aromatic heterocycles. The van der Waals surface area contributed by atoms with Crippen molar-refractivity contribution < 1.29 is 37.8 Å². The molecule has 0 atom stereocenters. The van der Waals surface area contributed by atoms with Gasteiger partial charge in [-0.1, -0.05) is 18.2 Å². The van der Waals surface area contributed by atoms with Crippen molar-refractivity contribution in [2.75, 3.05) is 0 Å². The Bertz CT molecular complexity index is 1210. The van der Waals surface area contributed by atoms with Crippen molar-refractivity contribution in [2.45, 2.75) is 13.1 Å². The predicted molar refractivity (Wildman–Crippen MR) is 100 cm³/mol. The largest absolute Gasteiger partial charge is 0.618 e. The number of halogens is 3. The normalized spacial score (nSPS) is 11.4. The SMILES string of the molecule is Cc1cc(C(F)(F)F)c(C(=O)c2cc(O)c(O)c([N+](=O)[O-])c2)c(-c2ccccc2)[n+]1[O-]. The van der Waals surface area contributed by atoms with Gasteiger partial charge in [0.05, 0.1) is 10.5 Å². The first-order chi connectivity index (χ1) is 14.4. The van der Waals surface area contributed by atoms with Gasteiger partial charge in [-0.2, -0.15) is 17.9 Å². The Balaban J connectivity index is 2.41. The number of carbonyl (C=O) groups is 1. The molecule has 0 saturated heterocycles. The second-order valence-corrected chi connectivity index (χ2v) is 6.53. The van der Waals surface area contributed by atoms with Crippen molar-refractivity contribution in [2.24, 2.45) is 0 Å². The second-order valence-electron chi connectivity index (χ2n) is 6.53. The molecule has 0 amide bonds. The molecular formula is C20H13F3N2O6. The summed E-state index contributed by atoms with van der Waals surface area (Å²) >= 11 is 0. The maximum absolute atomic E-state index is 13.8. The number of nitro groups is 1. The van der Waals surface area contributed by atoms with E-state index in [4.69, 9.17) is 0 Å². The van der Waals surface area contributed by atoms with Crippen LogP contribution in [0, 0.1) is 22.2 Å². The molecule has 31 heavy (non-hydrogen) atoms. The van der Waals surface area contributed by atoms with Crippen molar-refractivity contribution in [3.63, 3.8) is 0 Å².